The monoisotopic (exact) mass is 250 g/mol. The third-order valence-electron chi connectivity index (χ3n) is 2.43. The third kappa shape index (κ3) is 3.08. The van der Waals surface area contributed by atoms with E-state index in [2.05, 4.69) is 24.1 Å². The Balaban J connectivity index is 2.21. The molecule has 1 aromatic carbocycles. The number of aromatic nitrogens is 1. The van der Waals surface area contributed by atoms with Crippen LogP contribution in [0, 0.1) is 0 Å². The van der Waals surface area contributed by atoms with Gasteiger partial charge in [0.25, 0.3) is 0 Å². The predicted octanol–water partition coefficient (Wildman–Crippen LogP) is 3.49. The minimum Gasteiger partial charge on any atom is -0.443 e. The molecule has 1 N–H and O–H groups in total. The SMILES string of the molecule is CC(C)NCc1ncoc1-c1ccc(Cl)cc1. The van der Waals surface area contributed by atoms with Gasteiger partial charge >= 0.3 is 0 Å². The molecular formula is C13H15ClN2O. The molecule has 2 rings (SSSR count). The van der Waals surface area contributed by atoms with Gasteiger partial charge in [0.15, 0.2) is 12.2 Å². The highest BCUT2D eigenvalue weighted by atomic mass is 35.5. The molecule has 0 amide bonds. The van der Waals surface area contributed by atoms with E-state index in [1.54, 1.807) is 0 Å². The Morgan fingerprint density at radius 3 is 2.65 bits per heavy atom. The minimum absolute atomic E-state index is 0.421. The molecule has 1 heterocycles. The van der Waals surface area contributed by atoms with Gasteiger partial charge in [-0.3, -0.25) is 0 Å². The maximum absolute atomic E-state index is 5.86. The summed E-state index contributed by atoms with van der Waals surface area (Å²) in [5.41, 5.74) is 1.91. The molecule has 0 fully saturated rings. The first-order chi connectivity index (χ1) is 8.16. The van der Waals surface area contributed by atoms with Gasteiger partial charge in [0.05, 0.1) is 0 Å². The second kappa shape index (κ2) is 5.34. The van der Waals surface area contributed by atoms with Crippen LogP contribution < -0.4 is 5.32 Å². The summed E-state index contributed by atoms with van der Waals surface area (Å²) in [5, 5.41) is 4.04. The molecule has 0 atom stereocenters. The Morgan fingerprint density at radius 2 is 2.00 bits per heavy atom. The highest BCUT2D eigenvalue weighted by molar-refractivity contribution is 6.30. The van der Waals surface area contributed by atoms with Crippen molar-refractivity contribution in [1.82, 2.24) is 10.3 Å². The van der Waals surface area contributed by atoms with E-state index < -0.39 is 0 Å². The Hall–Kier alpha value is -1.32. The number of hydrogen-bond donors (Lipinski definition) is 1. The molecule has 4 heteroatoms. The Kier molecular flexibility index (Phi) is 3.82. The van der Waals surface area contributed by atoms with E-state index in [1.165, 1.54) is 6.39 Å². The summed E-state index contributed by atoms with van der Waals surface area (Å²) in [5.74, 6) is 0.801. The van der Waals surface area contributed by atoms with Gasteiger partial charge < -0.3 is 9.73 Å². The molecule has 90 valence electrons. The molecule has 0 radical (unpaired) electrons. The Labute approximate surface area is 106 Å². The second-order valence-corrected chi connectivity index (χ2v) is 4.61. The van der Waals surface area contributed by atoms with Crippen LogP contribution in [0.25, 0.3) is 11.3 Å². The maximum Gasteiger partial charge on any atom is 0.181 e. The number of nitrogens with one attached hydrogen (secondary N) is 1. The number of halogens is 1. The first-order valence-corrected chi connectivity index (χ1v) is 5.96. The van der Waals surface area contributed by atoms with Crippen LogP contribution in [-0.2, 0) is 6.54 Å². The van der Waals surface area contributed by atoms with E-state index in [0.717, 1.165) is 22.0 Å². The summed E-state index contributed by atoms with van der Waals surface area (Å²) in [6, 6.07) is 7.98. The highest BCUT2D eigenvalue weighted by Crippen LogP contribution is 2.24. The number of rotatable bonds is 4. The summed E-state index contributed by atoms with van der Waals surface area (Å²) < 4.78 is 5.43. The molecule has 2 aromatic rings. The van der Waals surface area contributed by atoms with E-state index in [-0.39, 0.29) is 0 Å². The molecule has 0 aliphatic rings. The van der Waals surface area contributed by atoms with Crippen molar-refractivity contribution < 1.29 is 4.42 Å². The maximum atomic E-state index is 5.86. The summed E-state index contributed by atoms with van der Waals surface area (Å²) in [7, 11) is 0. The van der Waals surface area contributed by atoms with Gasteiger partial charge in [-0.25, -0.2) is 4.98 Å². The summed E-state index contributed by atoms with van der Waals surface area (Å²) in [4.78, 5) is 4.22. The molecule has 1 aromatic heterocycles. The van der Waals surface area contributed by atoms with Crippen molar-refractivity contribution in [2.45, 2.75) is 26.4 Å². The van der Waals surface area contributed by atoms with Gasteiger partial charge in [-0.15, -0.1) is 0 Å². The Morgan fingerprint density at radius 1 is 1.29 bits per heavy atom. The molecule has 0 saturated heterocycles. The van der Waals surface area contributed by atoms with Gasteiger partial charge in [-0.1, -0.05) is 25.4 Å². The number of nitrogens with zero attached hydrogens (tertiary/aromatic N) is 1. The van der Waals surface area contributed by atoms with Gasteiger partial charge in [-0.05, 0) is 24.3 Å². The summed E-state index contributed by atoms with van der Waals surface area (Å²) in [6.07, 6.45) is 1.47. The fourth-order valence-corrected chi connectivity index (χ4v) is 1.66. The largest absolute Gasteiger partial charge is 0.443 e. The zero-order valence-electron chi connectivity index (χ0n) is 9.90. The molecule has 3 nitrogen and oxygen atoms in total. The normalized spacial score (nSPS) is 11.1. The van der Waals surface area contributed by atoms with Crippen molar-refractivity contribution in [3.63, 3.8) is 0 Å². The molecular weight excluding hydrogens is 236 g/mol. The Bertz CT molecular complexity index is 476. The fourth-order valence-electron chi connectivity index (χ4n) is 1.53. The van der Waals surface area contributed by atoms with E-state index in [4.69, 9.17) is 16.0 Å². The van der Waals surface area contributed by atoms with Gasteiger partial charge in [0.1, 0.15) is 5.69 Å². The highest BCUT2D eigenvalue weighted by Gasteiger charge is 2.10. The van der Waals surface area contributed by atoms with Crippen LogP contribution in [0.4, 0.5) is 0 Å². The van der Waals surface area contributed by atoms with Crippen molar-refractivity contribution in [2.75, 3.05) is 0 Å². The van der Waals surface area contributed by atoms with Gasteiger partial charge in [0, 0.05) is 23.2 Å². The van der Waals surface area contributed by atoms with Crippen LogP contribution in [0.15, 0.2) is 35.1 Å². The summed E-state index contributed by atoms with van der Waals surface area (Å²) >= 11 is 5.86. The smallest absolute Gasteiger partial charge is 0.181 e. The average molecular weight is 251 g/mol. The van der Waals surface area contributed by atoms with E-state index >= 15 is 0 Å². The summed E-state index contributed by atoms with van der Waals surface area (Å²) in [6.45, 7) is 4.90. The molecule has 17 heavy (non-hydrogen) atoms. The van der Waals surface area contributed by atoms with Crippen LogP contribution >= 0.6 is 11.6 Å². The number of oxazole rings is 1. The van der Waals surface area contributed by atoms with Crippen LogP contribution in [0.5, 0.6) is 0 Å². The quantitative estimate of drug-likeness (QED) is 0.903. The molecule has 0 unspecified atom stereocenters. The van der Waals surface area contributed by atoms with Crippen molar-refractivity contribution in [3.8, 4) is 11.3 Å². The number of benzene rings is 1. The molecule has 0 spiro atoms. The zero-order chi connectivity index (χ0) is 12.3. The average Bonchev–Trinajstić information content (AvgIpc) is 2.75. The molecule has 0 saturated carbocycles. The van der Waals surface area contributed by atoms with Gasteiger partial charge in [0.2, 0.25) is 0 Å². The van der Waals surface area contributed by atoms with Crippen LogP contribution in [0.3, 0.4) is 0 Å². The lowest BCUT2D eigenvalue weighted by Gasteiger charge is -2.07. The van der Waals surface area contributed by atoms with E-state index in [1.807, 2.05) is 24.3 Å². The fraction of sp³-hybridized carbons (Fsp3) is 0.308. The van der Waals surface area contributed by atoms with Crippen LogP contribution in [-0.4, -0.2) is 11.0 Å². The standard InChI is InChI=1S/C13H15ClN2O/c1-9(2)15-7-12-13(17-8-16-12)10-3-5-11(14)6-4-10/h3-6,8-9,15H,7H2,1-2H3. The van der Waals surface area contributed by atoms with Crippen LogP contribution in [0.2, 0.25) is 5.02 Å². The van der Waals surface area contributed by atoms with Crippen LogP contribution in [0.1, 0.15) is 19.5 Å². The molecule has 0 aliphatic carbocycles. The predicted molar refractivity (Wildman–Crippen MR) is 68.9 cm³/mol. The third-order valence-corrected chi connectivity index (χ3v) is 2.68. The lowest BCUT2D eigenvalue weighted by atomic mass is 10.1. The van der Waals surface area contributed by atoms with E-state index in [9.17, 15) is 0 Å². The first kappa shape index (κ1) is 12.1. The zero-order valence-corrected chi connectivity index (χ0v) is 10.7. The topological polar surface area (TPSA) is 38.1 Å². The van der Waals surface area contributed by atoms with Crippen molar-refractivity contribution in [2.24, 2.45) is 0 Å². The van der Waals surface area contributed by atoms with E-state index in [0.29, 0.717) is 12.6 Å². The lowest BCUT2D eigenvalue weighted by Crippen LogP contribution is -2.22. The lowest BCUT2D eigenvalue weighted by molar-refractivity contribution is 0.563. The van der Waals surface area contributed by atoms with Crippen molar-refractivity contribution >= 4 is 11.6 Å². The van der Waals surface area contributed by atoms with Gasteiger partial charge in [-0.2, -0.15) is 0 Å². The first-order valence-electron chi connectivity index (χ1n) is 5.58. The number of hydrogen-bond acceptors (Lipinski definition) is 3. The van der Waals surface area contributed by atoms with Crippen molar-refractivity contribution in [1.29, 1.82) is 0 Å². The molecule has 0 aliphatic heterocycles. The molecule has 0 bridgehead atoms. The van der Waals surface area contributed by atoms with Crippen molar-refractivity contribution in [3.05, 3.63) is 41.4 Å². The second-order valence-electron chi connectivity index (χ2n) is 4.17. The minimum atomic E-state index is 0.421.